The van der Waals surface area contributed by atoms with Crippen molar-refractivity contribution in [3.05, 3.63) is 75.9 Å². The maximum Gasteiger partial charge on any atom is 0.167 e. The fraction of sp³-hybridized carbons (Fsp3) is 0.484. The summed E-state index contributed by atoms with van der Waals surface area (Å²) in [5.74, 6) is -2.78. The number of hydrogen-bond donors (Lipinski definition) is 0. The maximum absolute atomic E-state index is 15.4. The molecular formula is C31H34F4. The topological polar surface area (TPSA) is 0 Å². The molecular weight excluding hydrogens is 448 g/mol. The highest BCUT2D eigenvalue weighted by atomic mass is 19.2. The molecule has 0 amide bonds. The van der Waals surface area contributed by atoms with Crippen molar-refractivity contribution in [2.75, 3.05) is 0 Å². The fourth-order valence-electron chi connectivity index (χ4n) is 6.41. The highest BCUT2D eigenvalue weighted by Gasteiger charge is 2.34. The van der Waals surface area contributed by atoms with Gasteiger partial charge >= 0.3 is 0 Å². The van der Waals surface area contributed by atoms with Gasteiger partial charge in [0.1, 0.15) is 0 Å². The summed E-state index contributed by atoms with van der Waals surface area (Å²) in [6.45, 7) is 4.17. The smallest absolute Gasteiger partial charge is 0.167 e. The van der Waals surface area contributed by atoms with E-state index < -0.39 is 23.3 Å². The van der Waals surface area contributed by atoms with Gasteiger partial charge < -0.3 is 0 Å². The minimum Gasteiger partial charge on any atom is -0.203 e. The van der Waals surface area contributed by atoms with Gasteiger partial charge in [0.25, 0.3) is 0 Å². The van der Waals surface area contributed by atoms with E-state index in [0.29, 0.717) is 41.4 Å². The van der Waals surface area contributed by atoms with Crippen LogP contribution in [-0.2, 0) is 6.42 Å². The average molecular weight is 483 g/mol. The van der Waals surface area contributed by atoms with Gasteiger partial charge in [-0.2, -0.15) is 0 Å². The molecule has 3 aliphatic carbocycles. The van der Waals surface area contributed by atoms with Gasteiger partial charge in [0.15, 0.2) is 23.3 Å². The Labute approximate surface area is 206 Å². The zero-order valence-corrected chi connectivity index (χ0v) is 20.7. The molecule has 0 aliphatic heterocycles. The van der Waals surface area contributed by atoms with E-state index >= 15 is 17.6 Å². The van der Waals surface area contributed by atoms with E-state index in [4.69, 9.17) is 0 Å². The Kier molecular flexibility index (Phi) is 6.92. The molecule has 0 saturated heterocycles. The van der Waals surface area contributed by atoms with Crippen molar-refractivity contribution in [2.45, 2.75) is 84.0 Å². The van der Waals surface area contributed by atoms with Crippen molar-refractivity contribution in [3.8, 4) is 11.1 Å². The zero-order chi connectivity index (χ0) is 24.7. The lowest BCUT2D eigenvalue weighted by atomic mass is 9.76. The van der Waals surface area contributed by atoms with Gasteiger partial charge in [0, 0.05) is 16.7 Å². The first-order valence-corrected chi connectivity index (χ1v) is 13.2. The van der Waals surface area contributed by atoms with Crippen LogP contribution in [-0.4, -0.2) is 0 Å². The molecule has 0 spiro atoms. The molecule has 5 rings (SSSR count). The van der Waals surface area contributed by atoms with E-state index in [9.17, 15) is 0 Å². The Hall–Kier alpha value is -2.36. The van der Waals surface area contributed by atoms with Crippen molar-refractivity contribution < 1.29 is 17.6 Å². The molecule has 35 heavy (non-hydrogen) atoms. The molecule has 1 saturated carbocycles. The monoisotopic (exact) mass is 482 g/mol. The van der Waals surface area contributed by atoms with Crippen LogP contribution < -0.4 is 0 Å². The maximum atomic E-state index is 15.4. The van der Waals surface area contributed by atoms with E-state index in [-0.39, 0.29) is 22.6 Å². The van der Waals surface area contributed by atoms with E-state index in [1.807, 2.05) is 13.0 Å². The quantitative estimate of drug-likeness (QED) is 0.251. The van der Waals surface area contributed by atoms with Gasteiger partial charge in [0.2, 0.25) is 0 Å². The van der Waals surface area contributed by atoms with Gasteiger partial charge in [0.05, 0.1) is 0 Å². The van der Waals surface area contributed by atoms with Crippen molar-refractivity contribution in [1.82, 2.24) is 0 Å². The normalized spacial score (nSPS) is 23.9. The summed E-state index contributed by atoms with van der Waals surface area (Å²) in [6.07, 6.45) is 14.9. The molecule has 1 atom stereocenters. The highest BCUT2D eigenvalue weighted by Crippen LogP contribution is 2.47. The summed E-state index contributed by atoms with van der Waals surface area (Å²) in [6, 6.07) is 3.40. The lowest BCUT2D eigenvalue weighted by Gasteiger charge is -2.29. The van der Waals surface area contributed by atoms with Crippen LogP contribution in [0.4, 0.5) is 17.6 Å². The number of benzene rings is 2. The van der Waals surface area contributed by atoms with Crippen molar-refractivity contribution in [3.63, 3.8) is 0 Å². The predicted molar refractivity (Wildman–Crippen MR) is 134 cm³/mol. The van der Waals surface area contributed by atoms with Crippen LogP contribution in [0.2, 0.25) is 0 Å². The number of fused-ring (bicyclic) bond motifs is 3. The highest BCUT2D eigenvalue weighted by molar-refractivity contribution is 5.81. The van der Waals surface area contributed by atoms with Crippen LogP contribution in [0.25, 0.3) is 16.7 Å². The average Bonchev–Trinajstić information content (AvgIpc) is 3.23. The Morgan fingerprint density at radius 2 is 1.54 bits per heavy atom. The van der Waals surface area contributed by atoms with Crippen molar-refractivity contribution >= 4 is 5.57 Å². The van der Waals surface area contributed by atoms with E-state index in [2.05, 4.69) is 19.1 Å². The lowest BCUT2D eigenvalue weighted by molar-refractivity contribution is 0.306. The van der Waals surface area contributed by atoms with Crippen molar-refractivity contribution in [2.24, 2.45) is 11.8 Å². The molecule has 0 aromatic heterocycles. The van der Waals surface area contributed by atoms with Gasteiger partial charge in [-0.15, -0.1) is 0 Å². The van der Waals surface area contributed by atoms with Gasteiger partial charge in [-0.3, -0.25) is 0 Å². The van der Waals surface area contributed by atoms with Gasteiger partial charge in [-0.25, -0.2) is 17.6 Å². The zero-order valence-electron chi connectivity index (χ0n) is 20.7. The molecule has 4 heteroatoms. The SMILES string of the molecule is C/C=C/CCC1CCC(c2cc3c(c(F)c2F)-c2c(cc(C4=CCC(C)CC4)c(F)c2F)C3)CC1. The second kappa shape index (κ2) is 9.95. The number of hydrogen-bond acceptors (Lipinski definition) is 0. The third-order valence-corrected chi connectivity index (χ3v) is 8.52. The van der Waals surface area contributed by atoms with Crippen LogP contribution in [0.15, 0.2) is 30.4 Å². The molecule has 1 fully saturated rings. The molecule has 0 heterocycles. The Morgan fingerprint density at radius 3 is 2.20 bits per heavy atom. The van der Waals surface area contributed by atoms with Gasteiger partial charge in [-0.1, -0.05) is 31.2 Å². The minimum atomic E-state index is -1.05. The third kappa shape index (κ3) is 4.49. The van der Waals surface area contributed by atoms with Crippen molar-refractivity contribution in [1.29, 1.82) is 0 Å². The summed E-state index contributed by atoms with van der Waals surface area (Å²) in [5.41, 5.74) is 2.45. The Balaban J connectivity index is 1.44. The van der Waals surface area contributed by atoms with E-state index in [0.717, 1.165) is 56.9 Å². The van der Waals surface area contributed by atoms with E-state index in [1.54, 1.807) is 12.1 Å². The van der Waals surface area contributed by atoms with Crippen LogP contribution in [0.1, 0.15) is 99.8 Å². The molecule has 0 radical (unpaired) electrons. The minimum absolute atomic E-state index is 0.0250. The molecule has 0 bridgehead atoms. The number of rotatable bonds is 5. The molecule has 1 unspecified atom stereocenters. The Bertz CT molecular complexity index is 1180. The molecule has 2 aromatic rings. The number of halogens is 4. The van der Waals surface area contributed by atoms with Gasteiger partial charge in [-0.05, 0) is 117 Å². The summed E-state index contributed by atoms with van der Waals surface area (Å²) in [4.78, 5) is 0. The first-order chi connectivity index (χ1) is 16.9. The largest absolute Gasteiger partial charge is 0.203 e. The standard InChI is InChI=1S/C31H34F4/c1-3-4-5-6-19-9-13-21(14-10-19)25-17-23-15-22-16-24(20-11-7-18(2)8-12-20)28(32)30(34)26(22)27(23)31(35)29(25)33/h3-4,11,16-19,21H,5-10,12-15H2,1-2H3/b4-3+. The second-order valence-electron chi connectivity index (χ2n) is 10.9. The predicted octanol–water partition coefficient (Wildman–Crippen LogP) is 9.65. The fourth-order valence-corrected chi connectivity index (χ4v) is 6.41. The molecule has 2 aromatic carbocycles. The molecule has 0 N–H and O–H groups in total. The van der Waals surface area contributed by atoms with Crippen LogP contribution in [0.3, 0.4) is 0 Å². The first kappa shape index (κ1) is 24.3. The van der Waals surface area contributed by atoms with Crippen LogP contribution in [0, 0.1) is 35.1 Å². The summed E-state index contributed by atoms with van der Waals surface area (Å²) in [7, 11) is 0. The van der Waals surface area contributed by atoms with E-state index in [1.165, 1.54) is 0 Å². The number of allylic oxidation sites excluding steroid dienone is 4. The van der Waals surface area contributed by atoms with Crippen LogP contribution >= 0.6 is 0 Å². The Morgan fingerprint density at radius 1 is 0.857 bits per heavy atom. The third-order valence-electron chi connectivity index (χ3n) is 8.52. The summed E-state index contributed by atoms with van der Waals surface area (Å²) < 4.78 is 61.2. The second-order valence-corrected chi connectivity index (χ2v) is 10.9. The summed E-state index contributed by atoms with van der Waals surface area (Å²) in [5, 5.41) is 0. The lowest BCUT2D eigenvalue weighted by Crippen LogP contribution is -2.15. The van der Waals surface area contributed by atoms with Crippen LogP contribution in [0.5, 0.6) is 0 Å². The summed E-state index contributed by atoms with van der Waals surface area (Å²) >= 11 is 0. The molecule has 186 valence electrons. The molecule has 0 nitrogen and oxygen atoms in total. The molecule has 3 aliphatic rings. The first-order valence-electron chi connectivity index (χ1n) is 13.2.